The Bertz CT molecular complexity index is 1170. The summed E-state index contributed by atoms with van der Waals surface area (Å²) in [6, 6.07) is 11.0. The second-order valence-electron chi connectivity index (χ2n) is 6.77. The van der Waals surface area contributed by atoms with Gasteiger partial charge in [0.25, 0.3) is 11.5 Å². The molecular formula is C22H21FN4O3. The van der Waals surface area contributed by atoms with Crippen molar-refractivity contribution >= 4 is 17.5 Å². The van der Waals surface area contributed by atoms with E-state index in [0.717, 1.165) is 28.3 Å². The number of carbonyl (C=O) groups excluding carboxylic acids is 2. The third kappa shape index (κ3) is 4.27. The molecule has 0 saturated carbocycles. The molecule has 7 nitrogen and oxygen atoms in total. The van der Waals surface area contributed by atoms with Gasteiger partial charge in [-0.3, -0.25) is 19.0 Å². The monoisotopic (exact) mass is 408 g/mol. The minimum absolute atomic E-state index is 0.126. The van der Waals surface area contributed by atoms with Crippen molar-refractivity contribution in [2.45, 2.75) is 26.8 Å². The predicted octanol–water partition coefficient (Wildman–Crippen LogP) is 2.66. The summed E-state index contributed by atoms with van der Waals surface area (Å²) in [6.07, 6.45) is 1.78. The van der Waals surface area contributed by atoms with E-state index in [9.17, 15) is 18.8 Å². The van der Waals surface area contributed by atoms with Gasteiger partial charge in [-0.2, -0.15) is 0 Å². The summed E-state index contributed by atoms with van der Waals surface area (Å²) in [5.41, 5.74) is 7.13. The van der Waals surface area contributed by atoms with Gasteiger partial charge in [-0.25, -0.2) is 9.37 Å². The normalized spacial score (nSPS) is 10.6. The Morgan fingerprint density at radius 2 is 1.87 bits per heavy atom. The van der Waals surface area contributed by atoms with E-state index in [0.29, 0.717) is 11.3 Å². The Morgan fingerprint density at radius 1 is 1.17 bits per heavy atom. The lowest BCUT2D eigenvalue weighted by atomic mass is 10.1. The Balaban J connectivity index is 2.02. The van der Waals surface area contributed by atoms with Crippen LogP contribution in [0.2, 0.25) is 0 Å². The highest BCUT2D eigenvalue weighted by Gasteiger charge is 2.18. The molecule has 0 aliphatic rings. The third-order valence-electron chi connectivity index (χ3n) is 4.72. The average molecular weight is 408 g/mol. The molecule has 0 bridgehead atoms. The second kappa shape index (κ2) is 8.69. The van der Waals surface area contributed by atoms with Gasteiger partial charge in [0.1, 0.15) is 23.7 Å². The first-order valence-corrected chi connectivity index (χ1v) is 9.35. The molecule has 0 aliphatic carbocycles. The predicted molar refractivity (Wildman–Crippen MR) is 112 cm³/mol. The first kappa shape index (κ1) is 20.9. The Morgan fingerprint density at radius 3 is 2.50 bits per heavy atom. The fourth-order valence-electron chi connectivity index (χ4n) is 3.16. The van der Waals surface area contributed by atoms with Gasteiger partial charge in [0.05, 0.1) is 0 Å². The molecule has 0 spiro atoms. The molecule has 2 amide bonds. The van der Waals surface area contributed by atoms with E-state index in [1.54, 1.807) is 0 Å². The number of aromatic nitrogens is 2. The van der Waals surface area contributed by atoms with E-state index in [4.69, 9.17) is 5.73 Å². The van der Waals surface area contributed by atoms with Crippen LogP contribution in [0.5, 0.6) is 0 Å². The zero-order valence-electron chi connectivity index (χ0n) is 16.6. The number of benzene rings is 2. The number of para-hydroxylation sites is 1. The SMILES string of the molecule is CCc1cccc(C)c1NC(=O)Cn1c(-c2ccc(F)cc2)ncc(C(N)=O)c1=O. The van der Waals surface area contributed by atoms with Crippen LogP contribution in [0.1, 0.15) is 28.4 Å². The summed E-state index contributed by atoms with van der Waals surface area (Å²) in [7, 11) is 0. The van der Waals surface area contributed by atoms with Crippen molar-refractivity contribution in [1.29, 1.82) is 0 Å². The van der Waals surface area contributed by atoms with Gasteiger partial charge in [-0.1, -0.05) is 25.1 Å². The summed E-state index contributed by atoms with van der Waals surface area (Å²) < 4.78 is 14.4. The number of rotatable bonds is 6. The second-order valence-corrected chi connectivity index (χ2v) is 6.77. The van der Waals surface area contributed by atoms with Crippen LogP contribution in [-0.2, 0) is 17.8 Å². The number of amides is 2. The lowest BCUT2D eigenvalue weighted by Gasteiger charge is -2.16. The molecule has 154 valence electrons. The summed E-state index contributed by atoms with van der Waals surface area (Å²) in [4.78, 5) is 41.3. The van der Waals surface area contributed by atoms with Crippen LogP contribution >= 0.6 is 0 Å². The topological polar surface area (TPSA) is 107 Å². The number of nitrogens with zero attached hydrogens (tertiary/aromatic N) is 2. The molecular weight excluding hydrogens is 387 g/mol. The molecule has 0 aliphatic heterocycles. The minimum atomic E-state index is -0.945. The minimum Gasteiger partial charge on any atom is -0.365 e. The summed E-state index contributed by atoms with van der Waals surface area (Å²) in [5, 5.41) is 2.84. The first-order valence-electron chi connectivity index (χ1n) is 9.35. The zero-order chi connectivity index (χ0) is 21.8. The maximum Gasteiger partial charge on any atom is 0.267 e. The first-order chi connectivity index (χ1) is 14.3. The highest BCUT2D eigenvalue weighted by molar-refractivity contribution is 5.94. The van der Waals surface area contributed by atoms with E-state index in [1.807, 2.05) is 32.0 Å². The van der Waals surface area contributed by atoms with Crippen molar-refractivity contribution < 1.29 is 14.0 Å². The number of primary amides is 1. The van der Waals surface area contributed by atoms with Crippen LogP contribution in [0.15, 0.2) is 53.5 Å². The van der Waals surface area contributed by atoms with Gasteiger partial charge in [0, 0.05) is 17.4 Å². The number of carbonyl (C=O) groups is 2. The molecule has 0 atom stereocenters. The van der Waals surface area contributed by atoms with Crippen molar-refractivity contribution in [2.75, 3.05) is 5.32 Å². The van der Waals surface area contributed by atoms with Crippen LogP contribution in [-0.4, -0.2) is 21.4 Å². The number of nitrogens with two attached hydrogens (primary N) is 1. The number of nitrogens with one attached hydrogen (secondary N) is 1. The lowest BCUT2D eigenvalue weighted by Crippen LogP contribution is -2.34. The standard InChI is InChI=1S/C22H21FN4O3/c1-3-14-6-4-5-13(2)19(14)26-18(28)12-27-21(15-7-9-16(23)10-8-15)25-11-17(20(24)29)22(27)30/h4-11H,3,12H2,1-2H3,(H2,24,29)(H,26,28). The summed E-state index contributed by atoms with van der Waals surface area (Å²) >= 11 is 0. The Hall–Kier alpha value is -3.81. The molecule has 1 aromatic heterocycles. The molecule has 0 radical (unpaired) electrons. The fraction of sp³-hybridized carbons (Fsp3) is 0.182. The number of aryl methyl sites for hydroxylation is 2. The highest BCUT2D eigenvalue weighted by Crippen LogP contribution is 2.21. The van der Waals surface area contributed by atoms with E-state index in [-0.39, 0.29) is 11.4 Å². The van der Waals surface area contributed by atoms with Crippen molar-refractivity contribution in [3.63, 3.8) is 0 Å². The molecule has 3 N–H and O–H groups in total. The number of halogens is 1. The van der Waals surface area contributed by atoms with Gasteiger partial charge < -0.3 is 11.1 Å². The average Bonchev–Trinajstić information content (AvgIpc) is 2.71. The maximum absolute atomic E-state index is 13.3. The van der Waals surface area contributed by atoms with Gasteiger partial charge in [0.15, 0.2) is 0 Å². The molecule has 3 aromatic rings. The molecule has 0 fully saturated rings. The molecule has 30 heavy (non-hydrogen) atoms. The fourth-order valence-corrected chi connectivity index (χ4v) is 3.16. The van der Waals surface area contributed by atoms with Gasteiger partial charge in [0.2, 0.25) is 5.91 Å². The number of hydrogen-bond acceptors (Lipinski definition) is 4. The van der Waals surface area contributed by atoms with E-state index in [2.05, 4.69) is 10.3 Å². The number of hydrogen-bond donors (Lipinski definition) is 2. The van der Waals surface area contributed by atoms with Crippen molar-refractivity contribution in [3.8, 4) is 11.4 Å². The van der Waals surface area contributed by atoms with Crippen molar-refractivity contribution in [2.24, 2.45) is 5.73 Å². The third-order valence-corrected chi connectivity index (χ3v) is 4.72. The number of anilines is 1. The highest BCUT2D eigenvalue weighted by atomic mass is 19.1. The Labute approximate surface area is 172 Å². The largest absolute Gasteiger partial charge is 0.365 e. The van der Waals surface area contributed by atoms with Crippen molar-refractivity contribution in [1.82, 2.24) is 9.55 Å². The smallest absolute Gasteiger partial charge is 0.267 e. The summed E-state index contributed by atoms with van der Waals surface area (Å²) in [6.45, 7) is 3.46. The van der Waals surface area contributed by atoms with E-state index >= 15 is 0 Å². The van der Waals surface area contributed by atoms with Crippen LogP contribution in [0.3, 0.4) is 0 Å². The zero-order valence-corrected chi connectivity index (χ0v) is 16.6. The summed E-state index contributed by atoms with van der Waals surface area (Å²) in [5.74, 6) is -1.74. The van der Waals surface area contributed by atoms with Gasteiger partial charge in [-0.05, 0) is 48.7 Å². The maximum atomic E-state index is 13.3. The van der Waals surface area contributed by atoms with Crippen LogP contribution in [0.25, 0.3) is 11.4 Å². The molecule has 1 heterocycles. The van der Waals surface area contributed by atoms with Crippen LogP contribution in [0.4, 0.5) is 10.1 Å². The molecule has 3 rings (SSSR count). The quantitative estimate of drug-likeness (QED) is 0.654. The van der Waals surface area contributed by atoms with Gasteiger partial charge in [-0.15, -0.1) is 0 Å². The molecule has 0 unspecified atom stereocenters. The Kier molecular flexibility index (Phi) is 6.06. The lowest BCUT2D eigenvalue weighted by molar-refractivity contribution is -0.116. The molecule has 0 saturated heterocycles. The molecule has 2 aromatic carbocycles. The van der Waals surface area contributed by atoms with E-state index in [1.165, 1.54) is 24.3 Å². The van der Waals surface area contributed by atoms with Gasteiger partial charge >= 0.3 is 0 Å². The van der Waals surface area contributed by atoms with Crippen molar-refractivity contribution in [3.05, 3.63) is 81.5 Å². The van der Waals surface area contributed by atoms with E-state index < -0.39 is 29.7 Å². The van der Waals surface area contributed by atoms with Crippen LogP contribution < -0.4 is 16.6 Å². The molecule has 8 heteroatoms. The van der Waals surface area contributed by atoms with Crippen LogP contribution in [0, 0.1) is 12.7 Å².